The van der Waals surface area contributed by atoms with Crippen LogP contribution in [0.4, 0.5) is 5.82 Å². The van der Waals surface area contributed by atoms with Gasteiger partial charge in [-0.2, -0.15) is 0 Å². The van der Waals surface area contributed by atoms with Gasteiger partial charge in [0.1, 0.15) is 11.6 Å². The second-order valence-corrected chi connectivity index (χ2v) is 9.23. The lowest BCUT2D eigenvalue weighted by molar-refractivity contribution is -0.133. The molecule has 0 aliphatic carbocycles. The van der Waals surface area contributed by atoms with Crippen molar-refractivity contribution in [1.82, 2.24) is 9.88 Å². The molecule has 0 saturated carbocycles. The van der Waals surface area contributed by atoms with E-state index < -0.39 is 0 Å². The van der Waals surface area contributed by atoms with E-state index in [1.165, 1.54) is 0 Å². The molecule has 2 heterocycles. The van der Waals surface area contributed by atoms with E-state index in [1.807, 2.05) is 48.2 Å². The molecule has 180 valence electrons. The number of anilines is 1. The average molecular weight is 462 g/mol. The second-order valence-electron chi connectivity index (χ2n) is 9.23. The van der Waals surface area contributed by atoms with Crippen molar-refractivity contribution in [1.29, 1.82) is 0 Å². The van der Waals surface area contributed by atoms with Crippen molar-refractivity contribution in [2.75, 3.05) is 39.3 Å². The number of benzene rings is 2. The first-order valence-electron chi connectivity index (χ1n) is 12.0. The molecule has 3 aromatic rings. The van der Waals surface area contributed by atoms with Gasteiger partial charge in [0.2, 0.25) is 5.91 Å². The van der Waals surface area contributed by atoms with E-state index in [2.05, 4.69) is 31.2 Å². The summed E-state index contributed by atoms with van der Waals surface area (Å²) in [5.74, 6) is 1.84. The van der Waals surface area contributed by atoms with E-state index in [1.54, 1.807) is 7.11 Å². The number of aromatic nitrogens is 1. The summed E-state index contributed by atoms with van der Waals surface area (Å²) in [5.41, 5.74) is 4.25. The van der Waals surface area contributed by atoms with Gasteiger partial charge < -0.3 is 19.3 Å². The predicted octanol–water partition coefficient (Wildman–Crippen LogP) is 4.76. The molecule has 0 N–H and O–H groups in total. The maximum absolute atomic E-state index is 13.5. The van der Waals surface area contributed by atoms with Crippen LogP contribution in [0, 0.1) is 6.92 Å². The van der Waals surface area contributed by atoms with Gasteiger partial charge in [0.05, 0.1) is 18.7 Å². The van der Waals surface area contributed by atoms with Crippen molar-refractivity contribution in [3.63, 3.8) is 0 Å². The molecule has 1 unspecified atom stereocenters. The average Bonchev–Trinajstić information content (AvgIpc) is 3.35. The molecule has 0 bridgehead atoms. The van der Waals surface area contributed by atoms with Gasteiger partial charge in [-0.15, -0.1) is 0 Å². The highest BCUT2D eigenvalue weighted by molar-refractivity contribution is 5.85. The molecule has 6 heteroatoms. The van der Waals surface area contributed by atoms with Crippen LogP contribution in [-0.4, -0.2) is 56.3 Å². The number of aryl methyl sites for hydroxylation is 2. The van der Waals surface area contributed by atoms with Gasteiger partial charge in [0, 0.05) is 51.2 Å². The minimum absolute atomic E-state index is 0.0914. The minimum Gasteiger partial charge on any atom is -0.496 e. The summed E-state index contributed by atoms with van der Waals surface area (Å²) >= 11 is 0. The van der Waals surface area contributed by atoms with Gasteiger partial charge in [-0.3, -0.25) is 4.79 Å². The van der Waals surface area contributed by atoms with Crippen molar-refractivity contribution in [2.24, 2.45) is 0 Å². The number of methoxy groups -OCH3 is 1. The number of carbonyl (C=O) groups excluding carboxylic acids is 1. The van der Waals surface area contributed by atoms with Crippen LogP contribution in [0.3, 0.4) is 0 Å². The molecule has 2 aromatic carbocycles. The predicted molar refractivity (Wildman–Crippen MR) is 137 cm³/mol. The summed E-state index contributed by atoms with van der Waals surface area (Å²) in [5, 5.41) is 1.10. The summed E-state index contributed by atoms with van der Waals surface area (Å²) in [6.07, 6.45) is 3.19. The topological polar surface area (TPSA) is 54.9 Å². The standard InChI is InChI=1S/C28H35N3O3/c1-20-9-7-11-22-17-23(28(30(2)3)29-27(20)22)18-31(19-24-12-8-16-34-24)26(32)15-14-21-10-5-6-13-25(21)33-4/h5-7,9-11,13,17,24H,8,12,14-16,18-19H2,1-4H3. The van der Waals surface area contributed by atoms with Crippen LogP contribution in [-0.2, 0) is 22.5 Å². The van der Waals surface area contributed by atoms with Crippen molar-refractivity contribution in [3.05, 3.63) is 65.2 Å². The van der Waals surface area contributed by atoms with Gasteiger partial charge in [-0.25, -0.2) is 4.98 Å². The molecule has 1 amide bonds. The molecule has 1 saturated heterocycles. The summed E-state index contributed by atoms with van der Waals surface area (Å²) in [6, 6.07) is 16.3. The molecule has 4 rings (SSSR count). The number of carbonyl (C=O) groups is 1. The molecular weight excluding hydrogens is 426 g/mol. The summed E-state index contributed by atoms with van der Waals surface area (Å²) in [7, 11) is 5.68. The van der Waals surface area contributed by atoms with Gasteiger partial charge in [-0.05, 0) is 49.4 Å². The fraction of sp³-hybridized carbons (Fsp3) is 0.429. The Hall–Kier alpha value is -3.12. The molecule has 6 nitrogen and oxygen atoms in total. The largest absolute Gasteiger partial charge is 0.496 e. The van der Waals surface area contributed by atoms with Gasteiger partial charge in [0.15, 0.2) is 0 Å². The zero-order valence-electron chi connectivity index (χ0n) is 20.7. The van der Waals surface area contributed by atoms with Crippen LogP contribution in [0.25, 0.3) is 10.9 Å². The Morgan fingerprint density at radius 3 is 2.71 bits per heavy atom. The number of amides is 1. The van der Waals surface area contributed by atoms with Crippen LogP contribution in [0.1, 0.15) is 36.0 Å². The van der Waals surface area contributed by atoms with Crippen LogP contribution >= 0.6 is 0 Å². The van der Waals surface area contributed by atoms with Gasteiger partial charge >= 0.3 is 0 Å². The third-order valence-corrected chi connectivity index (χ3v) is 6.49. The fourth-order valence-corrected chi connectivity index (χ4v) is 4.69. The van der Waals surface area contributed by atoms with Crippen LogP contribution in [0.2, 0.25) is 0 Å². The van der Waals surface area contributed by atoms with Gasteiger partial charge in [-0.1, -0.05) is 36.4 Å². The van der Waals surface area contributed by atoms with Crippen molar-refractivity contribution in [2.45, 2.75) is 45.3 Å². The Bertz CT molecular complexity index is 1140. The van der Waals surface area contributed by atoms with E-state index in [4.69, 9.17) is 14.5 Å². The quantitative estimate of drug-likeness (QED) is 0.460. The molecule has 1 fully saturated rings. The number of fused-ring (bicyclic) bond motifs is 1. The van der Waals surface area contributed by atoms with E-state index in [9.17, 15) is 4.79 Å². The number of pyridine rings is 1. The highest BCUT2D eigenvalue weighted by Crippen LogP contribution is 2.27. The highest BCUT2D eigenvalue weighted by atomic mass is 16.5. The van der Waals surface area contributed by atoms with Crippen LogP contribution < -0.4 is 9.64 Å². The maximum Gasteiger partial charge on any atom is 0.223 e. The normalized spacial score (nSPS) is 15.5. The molecular formula is C28H35N3O3. The van der Waals surface area contributed by atoms with E-state index in [-0.39, 0.29) is 12.0 Å². The molecule has 1 atom stereocenters. The number of ether oxygens (including phenoxy) is 2. The first-order valence-corrected chi connectivity index (χ1v) is 12.0. The van der Waals surface area contributed by atoms with Crippen molar-refractivity contribution in [3.8, 4) is 5.75 Å². The fourth-order valence-electron chi connectivity index (χ4n) is 4.69. The van der Waals surface area contributed by atoms with Crippen molar-refractivity contribution < 1.29 is 14.3 Å². The molecule has 34 heavy (non-hydrogen) atoms. The summed E-state index contributed by atoms with van der Waals surface area (Å²) in [6.45, 7) is 3.96. The minimum atomic E-state index is 0.0914. The molecule has 1 aliphatic heterocycles. The molecule has 1 aliphatic rings. The third kappa shape index (κ3) is 5.50. The third-order valence-electron chi connectivity index (χ3n) is 6.49. The van der Waals surface area contributed by atoms with Crippen molar-refractivity contribution >= 4 is 22.6 Å². The molecule has 1 aromatic heterocycles. The molecule has 0 spiro atoms. The smallest absolute Gasteiger partial charge is 0.223 e. The Kier molecular flexibility index (Phi) is 7.68. The Balaban J connectivity index is 1.60. The van der Waals surface area contributed by atoms with E-state index >= 15 is 0 Å². The van der Waals surface area contributed by atoms with Crippen LogP contribution in [0.15, 0.2) is 48.5 Å². The van der Waals surface area contributed by atoms with E-state index in [0.29, 0.717) is 25.9 Å². The Morgan fingerprint density at radius 1 is 1.15 bits per heavy atom. The van der Waals surface area contributed by atoms with Gasteiger partial charge in [0.25, 0.3) is 0 Å². The van der Waals surface area contributed by atoms with E-state index in [0.717, 1.165) is 58.6 Å². The zero-order valence-corrected chi connectivity index (χ0v) is 20.7. The lowest BCUT2D eigenvalue weighted by Gasteiger charge is -2.28. The number of hydrogen-bond donors (Lipinski definition) is 0. The van der Waals surface area contributed by atoms with Crippen LogP contribution in [0.5, 0.6) is 5.75 Å². The number of nitrogens with zero attached hydrogens (tertiary/aromatic N) is 3. The lowest BCUT2D eigenvalue weighted by atomic mass is 10.1. The first-order chi connectivity index (χ1) is 16.5. The Labute approximate surface area is 202 Å². The highest BCUT2D eigenvalue weighted by Gasteiger charge is 2.24. The SMILES string of the molecule is COc1ccccc1CCC(=O)N(Cc1cc2cccc(C)c2nc1N(C)C)CC1CCCO1. The molecule has 0 radical (unpaired) electrons. The monoisotopic (exact) mass is 461 g/mol. The maximum atomic E-state index is 13.5. The first kappa shape index (κ1) is 24.0. The zero-order chi connectivity index (χ0) is 24.1. The Morgan fingerprint density at radius 2 is 1.97 bits per heavy atom. The second kappa shape index (κ2) is 10.9. The number of para-hydroxylation sites is 2. The number of hydrogen-bond acceptors (Lipinski definition) is 5. The number of rotatable bonds is 9. The lowest BCUT2D eigenvalue weighted by Crippen LogP contribution is -2.37. The summed E-state index contributed by atoms with van der Waals surface area (Å²) < 4.78 is 11.4. The summed E-state index contributed by atoms with van der Waals surface area (Å²) in [4.78, 5) is 22.5.